The Bertz CT molecular complexity index is 586. The second-order valence-corrected chi connectivity index (χ2v) is 3.94. The standard InChI is InChI=1S/C12H9ClFN3O/c13-9-3-1-2-8(11(9)14)12(18)17-10-5-4-7(15)6-16-10/h1-6H,15H2,(H,16,17,18). The van der Waals surface area contributed by atoms with Crippen molar-refractivity contribution in [2.45, 2.75) is 0 Å². The lowest BCUT2D eigenvalue weighted by molar-refractivity contribution is 0.102. The first-order chi connectivity index (χ1) is 8.58. The predicted octanol–water partition coefficient (Wildman–Crippen LogP) is 2.71. The molecule has 0 radical (unpaired) electrons. The summed E-state index contributed by atoms with van der Waals surface area (Å²) in [5.41, 5.74) is 5.80. The van der Waals surface area contributed by atoms with E-state index in [2.05, 4.69) is 10.3 Å². The lowest BCUT2D eigenvalue weighted by atomic mass is 10.2. The summed E-state index contributed by atoms with van der Waals surface area (Å²) in [6.07, 6.45) is 1.39. The molecule has 0 spiro atoms. The van der Waals surface area contributed by atoms with E-state index in [4.69, 9.17) is 17.3 Å². The summed E-state index contributed by atoms with van der Waals surface area (Å²) in [6.45, 7) is 0. The van der Waals surface area contributed by atoms with Gasteiger partial charge in [0.15, 0.2) is 5.82 Å². The van der Waals surface area contributed by atoms with Crippen molar-refractivity contribution in [3.8, 4) is 0 Å². The number of amides is 1. The minimum Gasteiger partial charge on any atom is -0.397 e. The Labute approximate surface area is 108 Å². The molecule has 1 aromatic heterocycles. The maximum absolute atomic E-state index is 13.6. The largest absolute Gasteiger partial charge is 0.397 e. The third-order valence-corrected chi connectivity index (χ3v) is 2.52. The molecule has 0 unspecified atom stereocenters. The molecule has 0 saturated carbocycles. The number of nitrogens with one attached hydrogen (secondary N) is 1. The van der Waals surface area contributed by atoms with Crippen LogP contribution in [0.3, 0.4) is 0 Å². The third-order valence-electron chi connectivity index (χ3n) is 2.22. The number of nitrogens with zero attached hydrogens (tertiary/aromatic N) is 1. The highest BCUT2D eigenvalue weighted by atomic mass is 35.5. The SMILES string of the molecule is Nc1ccc(NC(=O)c2cccc(Cl)c2F)nc1. The average Bonchev–Trinajstić information content (AvgIpc) is 2.35. The van der Waals surface area contributed by atoms with Crippen molar-refractivity contribution in [3.63, 3.8) is 0 Å². The molecule has 0 saturated heterocycles. The van der Waals surface area contributed by atoms with Crippen molar-refractivity contribution in [3.05, 3.63) is 52.9 Å². The van der Waals surface area contributed by atoms with Gasteiger partial charge in [0, 0.05) is 0 Å². The van der Waals surface area contributed by atoms with Gasteiger partial charge in [-0.2, -0.15) is 0 Å². The van der Waals surface area contributed by atoms with Gasteiger partial charge in [-0.25, -0.2) is 9.37 Å². The fourth-order valence-electron chi connectivity index (χ4n) is 1.34. The first kappa shape index (κ1) is 12.3. The van der Waals surface area contributed by atoms with Crippen molar-refractivity contribution < 1.29 is 9.18 Å². The summed E-state index contributed by atoms with van der Waals surface area (Å²) in [5.74, 6) is -1.09. The van der Waals surface area contributed by atoms with E-state index in [9.17, 15) is 9.18 Å². The molecule has 0 fully saturated rings. The topological polar surface area (TPSA) is 68.0 Å². The molecule has 0 aliphatic heterocycles. The van der Waals surface area contributed by atoms with Crippen LogP contribution in [0.1, 0.15) is 10.4 Å². The minimum absolute atomic E-state index is 0.104. The highest BCUT2D eigenvalue weighted by molar-refractivity contribution is 6.31. The van der Waals surface area contributed by atoms with Crippen LogP contribution in [-0.4, -0.2) is 10.9 Å². The van der Waals surface area contributed by atoms with Gasteiger partial charge >= 0.3 is 0 Å². The summed E-state index contributed by atoms with van der Waals surface area (Å²) in [5, 5.41) is 2.35. The van der Waals surface area contributed by atoms with Crippen LogP contribution in [0, 0.1) is 5.82 Å². The first-order valence-corrected chi connectivity index (χ1v) is 5.42. The van der Waals surface area contributed by atoms with Crippen molar-refractivity contribution in [2.75, 3.05) is 11.1 Å². The number of aromatic nitrogens is 1. The number of halogens is 2. The Hall–Kier alpha value is -2.14. The monoisotopic (exact) mass is 265 g/mol. The molecule has 3 N–H and O–H groups in total. The van der Waals surface area contributed by atoms with Crippen LogP contribution in [0.25, 0.3) is 0 Å². The van der Waals surface area contributed by atoms with Crippen LogP contribution >= 0.6 is 11.6 Å². The molecule has 1 amide bonds. The summed E-state index contributed by atoms with van der Waals surface area (Å²) in [7, 11) is 0. The second-order valence-electron chi connectivity index (χ2n) is 3.53. The van der Waals surface area contributed by atoms with Crippen LogP contribution in [0.2, 0.25) is 5.02 Å². The van der Waals surface area contributed by atoms with E-state index < -0.39 is 11.7 Å². The molecule has 92 valence electrons. The Balaban J connectivity index is 2.22. The minimum atomic E-state index is -0.757. The zero-order valence-electron chi connectivity index (χ0n) is 9.15. The van der Waals surface area contributed by atoms with Crippen LogP contribution in [0.5, 0.6) is 0 Å². The molecule has 0 aliphatic carbocycles. The number of pyridine rings is 1. The van der Waals surface area contributed by atoms with Gasteiger partial charge in [-0.05, 0) is 24.3 Å². The zero-order valence-corrected chi connectivity index (χ0v) is 9.91. The fourth-order valence-corrected chi connectivity index (χ4v) is 1.52. The van der Waals surface area contributed by atoms with Crippen LogP contribution < -0.4 is 11.1 Å². The average molecular weight is 266 g/mol. The number of hydrogen-bond acceptors (Lipinski definition) is 3. The molecule has 2 aromatic rings. The summed E-state index contributed by atoms with van der Waals surface area (Å²) < 4.78 is 13.6. The molecule has 4 nitrogen and oxygen atoms in total. The number of nitrogens with two attached hydrogens (primary N) is 1. The van der Waals surface area contributed by atoms with E-state index in [-0.39, 0.29) is 16.4 Å². The van der Waals surface area contributed by atoms with Crippen molar-refractivity contribution >= 4 is 29.0 Å². The molecule has 6 heteroatoms. The van der Waals surface area contributed by atoms with E-state index >= 15 is 0 Å². The van der Waals surface area contributed by atoms with Gasteiger partial charge < -0.3 is 11.1 Å². The van der Waals surface area contributed by atoms with E-state index in [1.165, 1.54) is 30.5 Å². The smallest absolute Gasteiger partial charge is 0.259 e. The number of nitrogen functional groups attached to an aromatic ring is 1. The van der Waals surface area contributed by atoms with Gasteiger partial charge in [-0.15, -0.1) is 0 Å². The van der Waals surface area contributed by atoms with E-state index in [0.717, 1.165) is 0 Å². The fraction of sp³-hybridized carbons (Fsp3) is 0. The van der Waals surface area contributed by atoms with Crippen molar-refractivity contribution in [1.82, 2.24) is 4.98 Å². The van der Waals surface area contributed by atoms with Gasteiger partial charge in [-0.3, -0.25) is 4.79 Å². The van der Waals surface area contributed by atoms with Gasteiger partial charge in [0.05, 0.1) is 22.5 Å². The predicted molar refractivity (Wildman–Crippen MR) is 68.0 cm³/mol. The quantitative estimate of drug-likeness (QED) is 0.877. The van der Waals surface area contributed by atoms with Crippen molar-refractivity contribution in [1.29, 1.82) is 0 Å². The maximum atomic E-state index is 13.6. The summed E-state index contributed by atoms with van der Waals surface area (Å²) in [6, 6.07) is 7.31. The van der Waals surface area contributed by atoms with Gasteiger partial charge in [0.1, 0.15) is 5.82 Å². The Morgan fingerprint density at radius 2 is 2.11 bits per heavy atom. The van der Waals surface area contributed by atoms with E-state index in [1.54, 1.807) is 6.07 Å². The van der Waals surface area contributed by atoms with E-state index in [1.807, 2.05) is 0 Å². The lowest BCUT2D eigenvalue weighted by Gasteiger charge is -2.06. The van der Waals surface area contributed by atoms with Gasteiger partial charge in [0.25, 0.3) is 5.91 Å². The second kappa shape index (κ2) is 5.01. The lowest BCUT2D eigenvalue weighted by Crippen LogP contribution is -2.14. The molecule has 0 bridgehead atoms. The molecule has 2 rings (SSSR count). The number of rotatable bonds is 2. The number of carbonyl (C=O) groups excluding carboxylic acids is 1. The molecule has 0 aliphatic rings. The summed E-state index contributed by atoms with van der Waals surface area (Å²) >= 11 is 5.59. The molecule has 0 atom stereocenters. The van der Waals surface area contributed by atoms with Crippen LogP contribution in [0.15, 0.2) is 36.5 Å². The van der Waals surface area contributed by atoms with Crippen molar-refractivity contribution in [2.24, 2.45) is 0 Å². The maximum Gasteiger partial charge on any atom is 0.259 e. The van der Waals surface area contributed by atoms with Crippen LogP contribution in [-0.2, 0) is 0 Å². The first-order valence-electron chi connectivity index (χ1n) is 5.05. The Morgan fingerprint density at radius 1 is 1.33 bits per heavy atom. The number of carbonyl (C=O) groups is 1. The normalized spacial score (nSPS) is 10.1. The Kier molecular flexibility index (Phi) is 3.43. The van der Waals surface area contributed by atoms with E-state index in [0.29, 0.717) is 5.69 Å². The molecule has 1 heterocycles. The molecule has 1 aromatic carbocycles. The number of benzene rings is 1. The van der Waals surface area contributed by atoms with Gasteiger partial charge in [0.2, 0.25) is 0 Å². The van der Waals surface area contributed by atoms with Gasteiger partial charge in [-0.1, -0.05) is 17.7 Å². The molecular weight excluding hydrogens is 257 g/mol. The highest BCUT2D eigenvalue weighted by Crippen LogP contribution is 2.18. The molecule has 18 heavy (non-hydrogen) atoms. The summed E-state index contributed by atoms with van der Waals surface area (Å²) in [4.78, 5) is 15.7. The molecular formula is C12H9ClFN3O. The Morgan fingerprint density at radius 3 is 2.78 bits per heavy atom. The third kappa shape index (κ3) is 2.57. The highest BCUT2D eigenvalue weighted by Gasteiger charge is 2.14. The zero-order chi connectivity index (χ0) is 13.1. The van der Waals surface area contributed by atoms with Crippen LogP contribution in [0.4, 0.5) is 15.9 Å². The number of anilines is 2. The number of hydrogen-bond donors (Lipinski definition) is 2.